The monoisotopic (exact) mass is 374 g/mol. The van der Waals surface area contributed by atoms with E-state index in [0.29, 0.717) is 0 Å². The Morgan fingerprint density at radius 3 is 2.24 bits per heavy atom. The van der Waals surface area contributed by atoms with E-state index in [2.05, 4.69) is 19.6 Å². The minimum Gasteiger partial charge on any atom is -0.505 e. The Labute approximate surface area is 157 Å². The molecule has 0 radical (unpaired) electrons. The molecule has 4 atom stereocenters. The molecular weight excluding hydrogens is 340 g/mol. The number of aliphatic hydroxyl groups excluding tert-OH is 2. The first-order valence-electron chi connectivity index (χ1n) is 9.48. The molecule has 0 spiro atoms. The van der Waals surface area contributed by atoms with Crippen molar-refractivity contribution < 1.29 is 24.5 Å². The second kappa shape index (κ2) is 11.7. The SMILES string of the molecule is CCCCCCCCCC[C@@H](C)[C@H](S)[C@H](O)[C@H]1OC(=O)C(OC)=C1O. The molecule has 0 saturated heterocycles. The van der Waals surface area contributed by atoms with Gasteiger partial charge in [-0.3, -0.25) is 0 Å². The highest BCUT2D eigenvalue weighted by atomic mass is 32.1. The Balaban J connectivity index is 2.30. The fourth-order valence-corrected chi connectivity index (χ4v) is 3.47. The zero-order chi connectivity index (χ0) is 18.8. The van der Waals surface area contributed by atoms with Gasteiger partial charge in [-0.25, -0.2) is 4.79 Å². The third-order valence-electron chi connectivity index (χ3n) is 4.88. The van der Waals surface area contributed by atoms with E-state index in [1.165, 1.54) is 52.1 Å². The average molecular weight is 375 g/mol. The molecule has 0 aromatic heterocycles. The van der Waals surface area contributed by atoms with Crippen LogP contribution in [0.5, 0.6) is 0 Å². The smallest absolute Gasteiger partial charge is 0.378 e. The first-order chi connectivity index (χ1) is 11.9. The summed E-state index contributed by atoms with van der Waals surface area (Å²) in [4.78, 5) is 11.6. The second-order valence-corrected chi connectivity index (χ2v) is 7.56. The average Bonchev–Trinajstić information content (AvgIpc) is 2.89. The molecule has 146 valence electrons. The number of carbonyl (C=O) groups excluding carboxylic acids is 1. The molecule has 0 amide bonds. The van der Waals surface area contributed by atoms with Crippen LogP contribution in [0, 0.1) is 5.92 Å². The minimum atomic E-state index is -1.09. The van der Waals surface area contributed by atoms with E-state index in [1.54, 1.807) is 0 Å². The van der Waals surface area contributed by atoms with Crippen LogP contribution in [0.15, 0.2) is 11.5 Å². The Morgan fingerprint density at radius 2 is 1.72 bits per heavy atom. The molecule has 0 fully saturated rings. The van der Waals surface area contributed by atoms with Crippen LogP contribution in [0.2, 0.25) is 0 Å². The molecule has 1 aliphatic heterocycles. The highest BCUT2D eigenvalue weighted by Gasteiger charge is 2.43. The Kier molecular flexibility index (Phi) is 10.4. The summed E-state index contributed by atoms with van der Waals surface area (Å²) in [5, 5.41) is 20.0. The number of methoxy groups -OCH3 is 1. The van der Waals surface area contributed by atoms with Crippen molar-refractivity contribution in [3.05, 3.63) is 11.5 Å². The van der Waals surface area contributed by atoms with Crippen molar-refractivity contribution in [2.75, 3.05) is 7.11 Å². The van der Waals surface area contributed by atoms with Gasteiger partial charge in [0.15, 0.2) is 11.9 Å². The van der Waals surface area contributed by atoms with Gasteiger partial charge in [0, 0.05) is 5.25 Å². The van der Waals surface area contributed by atoms with E-state index >= 15 is 0 Å². The van der Waals surface area contributed by atoms with Crippen molar-refractivity contribution in [2.24, 2.45) is 5.92 Å². The quantitative estimate of drug-likeness (QED) is 0.256. The second-order valence-electron chi connectivity index (χ2n) is 6.97. The molecule has 25 heavy (non-hydrogen) atoms. The molecule has 6 heteroatoms. The number of ether oxygens (including phenoxy) is 2. The van der Waals surface area contributed by atoms with Gasteiger partial charge in [-0.15, -0.1) is 0 Å². The Morgan fingerprint density at radius 1 is 1.16 bits per heavy atom. The van der Waals surface area contributed by atoms with Crippen LogP contribution in [0.3, 0.4) is 0 Å². The highest BCUT2D eigenvalue weighted by molar-refractivity contribution is 7.81. The minimum absolute atomic E-state index is 0.150. The lowest BCUT2D eigenvalue weighted by Gasteiger charge is -2.27. The van der Waals surface area contributed by atoms with Crippen molar-refractivity contribution in [1.29, 1.82) is 0 Å². The van der Waals surface area contributed by atoms with Crippen LogP contribution in [0.25, 0.3) is 0 Å². The zero-order valence-electron chi connectivity index (χ0n) is 15.7. The van der Waals surface area contributed by atoms with E-state index in [-0.39, 0.29) is 22.7 Å². The van der Waals surface area contributed by atoms with E-state index in [1.807, 2.05) is 6.92 Å². The van der Waals surface area contributed by atoms with Gasteiger partial charge in [0.25, 0.3) is 0 Å². The van der Waals surface area contributed by atoms with Crippen LogP contribution in [0.1, 0.15) is 71.6 Å². The number of hydrogen-bond donors (Lipinski definition) is 3. The Hall–Kier alpha value is -0.880. The lowest BCUT2D eigenvalue weighted by Crippen LogP contribution is -2.39. The molecule has 0 aromatic carbocycles. The van der Waals surface area contributed by atoms with Gasteiger partial charge in [-0.05, 0) is 12.3 Å². The summed E-state index contributed by atoms with van der Waals surface area (Å²) in [6.07, 6.45) is 8.85. The first kappa shape index (κ1) is 22.2. The summed E-state index contributed by atoms with van der Waals surface area (Å²) in [6, 6.07) is 0. The summed E-state index contributed by atoms with van der Waals surface area (Å²) >= 11 is 4.49. The number of aliphatic hydroxyl groups is 2. The zero-order valence-corrected chi connectivity index (χ0v) is 16.6. The van der Waals surface area contributed by atoms with Crippen LogP contribution >= 0.6 is 12.6 Å². The van der Waals surface area contributed by atoms with Crippen molar-refractivity contribution in [2.45, 2.75) is 89.1 Å². The van der Waals surface area contributed by atoms with Gasteiger partial charge < -0.3 is 19.7 Å². The van der Waals surface area contributed by atoms with Crippen molar-refractivity contribution in [1.82, 2.24) is 0 Å². The normalized spacial score (nSPS) is 21.2. The third kappa shape index (κ3) is 6.74. The van der Waals surface area contributed by atoms with Crippen LogP contribution in [-0.2, 0) is 14.3 Å². The van der Waals surface area contributed by atoms with Crippen molar-refractivity contribution >= 4 is 18.6 Å². The summed E-state index contributed by atoms with van der Waals surface area (Å²) < 4.78 is 9.82. The van der Waals surface area contributed by atoms with E-state index in [0.717, 1.165) is 12.8 Å². The number of cyclic esters (lactones) is 1. The number of rotatable bonds is 13. The van der Waals surface area contributed by atoms with Crippen LogP contribution in [-0.4, -0.2) is 40.8 Å². The van der Waals surface area contributed by atoms with Gasteiger partial charge in [0.05, 0.1) is 7.11 Å². The summed E-state index contributed by atoms with van der Waals surface area (Å²) in [5.74, 6) is -1.18. The van der Waals surface area contributed by atoms with E-state index in [4.69, 9.17) is 9.47 Å². The lowest BCUT2D eigenvalue weighted by atomic mass is 9.93. The number of esters is 1. The predicted molar refractivity (Wildman–Crippen MR) is 102 cm³/mol. The van der Waals surface area contributed by atoms with Crippen LogP contribution in [0.4, 0.5) is 0 Å². The Bertz CT molecular complexity index is 438. The van der Waals surface area contributed by atoms with Gasteiger partial charge in [-0.2, -0.15) is 12.6 Å². The van der Waals surface area contributed by atoms with Gasteiger partial charge in [0.1, 0.15) is 6.10 Å². The molecule has 1 heterocycles. The molecular formula is C19H34O5S. The number of hydrogen-bond acceptors (Lipinski definition) is 6. The summed E-state index contributed by atoms with van der Waals surface area (Å²) in [7, 11) is 1.28. The maximum absolute atomic E-state index is 11.6. The van der Waals surface area contributed by atoms with Gasteiger partial charge >= 0.3 is 5.97 Å². The molecule has 0 bridgehead atoms. The standard InChI is InChI=1S/C19H34O5S/c1-4-5-6-7-8-9-10-11-12-13(2)18(25)15(21)16-14(20)17(23-3)19(22)24-16/h13,15-16,18,20-21,25H,4-12H2,1-3H3/t13-,15-,16+,18+/m1/s1. The van der Waals surface area contributed by atoms with Crippen molar-refractivity contribution in [3.8, 4) is 0 Å². The largest absolute Gasteiger partial charge is 0.505 e. The van der Waals surface area contributed by atoms with Gasteiger partial charge in [-0.1, -0.05) is 65.2 Å². The topological polar surface area (TPSA) is 76.0 Å². The van der Waals surface area contributed by atoms with E-state index in [9.17, 15) is 15.0 Å². The maximum atomic E-state index is 11.6. The number of unbranched alkanes of at least 4 members (excludes halogenated alkanes) is 7. The predicted octanol–water partition coefficient (Wildman–Crippen LogP) is 4.15. The first-order valence-corrected chi connectivity index (χ1v) is 9.99. The summed E-state index contributed by atoms with van der Waals surface area (Å²) in [6.45, 7) is 4.25. The number of carbonyl (C=O) groups is 1. The number of thiol groups is 1. The van der Waals surface area contributed by atoms with Crippen molar-refractivity contribution in [3.63, 3.8) is 0 Å². The highest BCUT2D eigenvalue weighted by Crippen LogP contribution is 2.30. The molecule has 1 aliphatic rings. The molecule has 1 rings (SSSR count). The molecule has 2 N–H and O–H groups in total. The molecule has 0 aromatic rings. The maximum Gasteiger partial charge on any atom is 0.378 e. The summed E-state index contributed by atoms with van der Waals surface area (Å²) in [5.41, 5.74) is 0. The van der Waals surface area contributed by atoms with Crippen LogP contribution < -0.4 is 0 Å². The molecule has 0 unspecified atom stereocenters. The molecule has 5 nitrogen and oxygen atoms in total. The lowest BCUT2D eigenvalue weighted by molar-refractivity contribution is -0.147. The fraction of sp³-hybridized carbons (Fsp3) is 0.842. The fourth-order valence-electron chi connectivity index (χ4n) is 3.16. The molecule has 0 saturated carbocycles. The van der Waals surface area contributed by atoms with E-state index < -0.39 is 18.2 Å². The molecule has 0 aliphatic carbocycles. The third-order valence-corrected chi connectivity index (χ3v) is 5.70. The van der Waals surface area contributed by atoms with Gasteiger partial charge in [0.2, 0.25) is 5.76 Å².